The molecule has 1 amide bonds. The van der Waals surface area contributed by atoms with E-state index in [4.69, 9.17) is 0 Å². The normalized spacial score (nSPS) is 15.3. The van der Waals surface area contributed by atoms with Crippen LogP contribution in [0.3, 0.4) is 0 Å². The molecule has 2 heterocycles. The molecular formula is C14H12F3N3O. The number of imidazole rings is 1. The average molecular weight is 295 g/mol. The van der Waals surface area contributed by atoms with Gasteiger partial charge in [-0.25, -0.2) is 4.98 Å². The number of H-pyrrole nitrogens is 1. The third-order valence-electron chi connectivity index (χ3n) is 3.37. The Labute approximate surface area is 118 Å². The number of hydrogen-bond acceptors (Lipinski definition) is 2. The first-order chi connectivity index (χ1) is 9.97. The number of fused-ring (bicyclic) bond motifs is 1. The Kier molecular flexibility index (Phi) is 3.19. The molecule has 0 bridgehead atoms. The van der Waals surface area contributed by atoms with E-state index >= 15 is 0 Å². The number of rotatable bonds is 1. The molecule has 2 N–H and O–H groups in total. The van der Waals surface area contributed by atoms with E-state index < -0.39 is 11.7 Å². The molecule has 1 aliphatic heterocycles. The maximum atomic E-state index is 13.0. The second-order valence-corrected chi connectivity index (χ2v) is 4.82. The van der Waals surface area contributed by atoms with Crippen molar-refractivity contribution in [3.05, 3.63) is 41.2 Å². The molecule has 1 aromatic heterocycles. The van der Waals surface area contributed by atoms with Crippen molar-refractivity contribution in [2.45, 2.75) is 19.0 Å². The van der Waals surface area contributed by atoms with Gasteiger partial charge in [0.15, 0.2) is 0 Å². The number of carbonyl (C=O) groups excluding carboxylic acids is 1. The van der Waals surface area contributed by atoms with Gasteiger partial charge in [-0.05, 0) is 18.9 Å². The maximum Gasteiger partial charge on any atom is 0.417 e. The summed E-state index contributed by atoms with van der Waals surface area (Å²) >= 11 is 0. The molecule has 110 valence electrons. The van der Waals surface area contributed by atoms with Gasteiger partial charge >= 0.3 is 6.18 Å². The van der Waals surface area contributed by atoms with E-state index in [-0.39, 0.29) is 23.0 Å². The number of halogens is 3. The molecule has 3 rings (SSSR count). The molecule has 0 spiro atoms. The molecule has 0 saturated carbocycles. The minimum absolute atomic E-state index is 0.0501. The van der Waals surface area contributed by atoms with Gasteiger partial charge in [0, 0.05) is 17.8 Å². The summed E-state index contributed by atoms with van der Waals surface area (Å²) in [5, 5.41) is 2.67. The van der Waals surface area contributed by atoms with Crippen LogP contribution in [0.15, 0.2) is 24.3 Å². The zero-order chi connectivity index (χ0) is 15.0. The van der Waals surface area contributed by atoms with Crippen molar-refractivity contribution in [3.8, 4) is 11.4 Å². The summed E-state index contributed by atoms with van der Waals surface area (Å²) in [5.41, 5.74) is -0.0587. The van der Waals surface area contributed by atoms with Gasteiger partial charge in [-0.3, -0.25) is 4.79 Å². The Morgan fingerprint density at radius 2 is 1.95 bits per heavy atom. The fourth-order valence-electron chi connectivity index (χ4n) is 2.39. The minimum atomic E-state index is -4.47. The van der Waals surface area contributed by atoms with E-state index in [0.717, 1.165) is 12.5 Å². The second kappa shape index (κ2) is 4.91. The molecule has 0 aliphatic carbocycles. The Morgan fingerprint density at radius 1 is 1.19 bits per heavy atom. The van der Waals surface area contributed by atoms with Gasteiger partial charge in [-0.2, -0.15) is 13.2 Å². The lowest BCUT2D eigenvalue weighted by Crippen LogP contribution is -2.23. The monoisotopic (exact) mass is 295 g/mol. The number of aryl methyl sites for hydroxylation is 1. The number of carbonyl (C=O) groups is 1. The van der Waals surface area contributed by atoms with Gasteiger partial charge in [-0.15, -0.1) is 0 Å². The highest BCUT2D eigenvalue weighted by atomic mass is 19.4. The quantitative estimate of drug-likeness (QED) is 0.850. The van der Waals surface area contributed by atoms with E-state index in [0.29, 0.717) is 18.7 Å². The van der Waals surface area contributed by atoms with Crippen molar-refractivity contribution < 1.29 is 18.0 Å². The highest BCUT2D eigenvalue weighted by Crippen LogP contribution is 2.36. The number of hydrogen-bond donors (Lipinski definition) is 2. The predicted molar refractivity (Wildman–Crippen MR) is 69.7 cm³/mol. The molecular weight excluding hydrogens is 283 g/mol. The number of nitrogens with zero attached hydrogens (tertiary/aromatic N) is 1. The first-order valence-corrected chi connectivity index (χ1v) is 6.50. The maximum absolute atomic E-state index is 13.0. The van der Waals surface area contributed by atoms with Crippen LogP contribution in [-0.2, 0) is 12.6 Å². The number of aromatic nitrogens is 2. The van der Waals surface area contributed by atoms with Crippen LogP contribution in [0.4, 0.5) is 13.2 Å². The highest BCUT2D eigenvalue weighted by molar-refractivity contribution is 5.94. The number of nitrogens with one attached hydrogen (secondary N) is 2. The summed E-state index contributed by atoms with van der Waals surface area (Å²) in [6.45, 7) is 0.539. The molecule has 0 radical (unpaired) electrons. The van der Waals surface area contributed by atoms with E-state index in [1.165, 1.54) is 18.2 Å². The van der Waals surface area contributed by atoms with Crippen molar-refractivity contribution in [1.82, 2.24) is 15.3 Å². The van der Waals surface area contributed by atoms with E-state index in [2.05, 4.69) is 15.3 Å². The van der Waals surface area contributed by atoms with Crippen LogP contribution in [0.1, 0.15) is 28.2 Å². The SMILES string of the molecule is O=C1NCCCc2[nH]c(-c3ccccc3C(F)(F)F)nc21. The number of amides is 1. The van der Waals surface area contributed by atoms with E-state index in [1.54, 1.807) is 0 Å². The van der Waals surface area contributed by atoms with Gasteiger partial charge in [0.25, 0.3) is 5.91 Å². The van der Waals surface area contributed by atoms with Crippen LogP contribution >= 0.6 is 0 Å². The summed E-state index contributed by atoms with van der Waals surface area (Å²) in [6, 6.07) is 5.19. The van der Waals surface area contributed by atoms with Crippen molar-refractivity contribution in [2.75, 3.05) is 6.54 Å². The number of alkyl halides is 3. The topological polar surface area (TPSA) is 57.8 Å². The van der Waals surface area contributed by atoms with Crippen LogP contribution in [-0.4, -0.2) is 22.4 Å². The fraction of sp³-hybridized carbons (Fsp3) is 0.286. The highest BCUT2D eigenvalue weighted by Gasteiger charge is 2.34. The summed E-state index contributed by atoms with van der Waals surface area (Å²) in [7, 11) is 0. The van der Waals surface area contributed by atoms with Gasteiger partial charge in [0.2, 0.25) is 0 Å². The Balaban J connectivity index is 2.11. The van der Waals surface area contributed by atoms with Crippen LogP contribution in [0.25, 0.3) is 11.4 Å². The summed E-state index contributed by atoms with van der Waals surface area (Å²) < 4.78 is 39.1. The van der Waals surface area contributed by atoms with Crippen LogP contribution in [0, 0.1) is 0 Å². The predicted octanol–water partition coefficient (Wildman–Crippen LogP) is 2.77. The molecule has 4 nitrogen and oxygen atoms in total. The largest absolute Gasteiger partial charge is 0.417 e. The molecule has 7 heteroatoms. The van der Waals surface area contributed by atoms with Crippen molar-refractivity contribution in [1.29, 1.82) is 0 Å². The Morgan fingerprint density at radius 3 is 2.71 bits per heavy atom. The molecule has 1 aromatic carbocycles. The zero-order valence-corrected chi connectivity index (χ0v) is 10.9. The van der Waals surface area contributed by atoms with Crippen LogP contribution in [0.5, 0.6) is 0 Å². The third kappa shape index (κ3) is 2.51. The Bertz CT molecular complexity index is 691. The van der Waals surface area contributed by atoms with Crippen LogP contribution in [0.2, 0.25) is 0 Å². The zero-order valence-electron chi connectivity index (χ0n) is 10.9. The molecule has 21 heavy (non-hydrogen) atoms. The lowest BCUT2D eigenvalue weighted by atomic mass is 10.1. The summed E-state index contributed by atoms with van der Waals surface area (Å²) in [5.74, 6) is -0.278. The average Bonchev–Trinajstić information content (AvgIpc) is 2.79. The third-order valence-corrected chi connectivity index (χ3v) is 3.37. The fourth-order valence-corrected chi connectivity index (χ4v) is 2.39. The Hall–Kier alpha value is -2.31. The molecule has 1 aliphatic rings. The molecule has 0 saturated heterocycles. The smallest absolute Gasteiger partial charge is 0.351 e. The van der Waals surface area contributed by atoms with Gasteiger partial charge in [-0.1, -0.05) is 18.2 Å². The number of benzene rings is 1. The molecule has 0 atom stereocenters. The van der Waals surface area contributed by atoms with Gasteiger partial charge in [0.1, 0.15) is 11.5 Å². The van der Waals surface area contributed by atoms with Crippen molar-refractivity contribution in [3.63, 3.8) is 0 Å². The standard InChI is InChI=1S/C14H12F3N3O/c15-14(16,17)9-5-2-1-4-8(9)12-19-10-6-3-7-18-13(21)11(10)20-12/h1-2,4-5H,3,6-7H2,(H,18,21)(H,19,20). The molecule has 0 unspecified atom stereocenters. The van der Waals surface area contributed by atoms with Gasteiger partial charge in [0.05, 0.1) is 5.56 Å². The van der Waals surface area contributed by atoms with E-state index in [1.807, 2.05) is 0 Å². The van der Waals surface area contributed by atoms with Gasteiger partial charge < -0.3 is 10.3 Å². The number of aromatic amines is 1. The summed E-state index contributed by atoms with van der Waals surface area (Å²) in [6.07, 6.45) is -3.17. The first-order valence-electron chi connectivity index (χ1n) is 6.50. The lowest BCUT2D eigenvalue weighted by molar-refractivity contribution is -0.137. The summed E-state index contributed by atoms with van der Waals surface area (Å²) in [4.78, 5) is 18.7. The molecule has 2 aromatic rings. The first kappa shape index (κ1) is 13.7. The lowest BCUT2D eigenvalue weighted by Gasteiger charge is -2.10. The minimum Gasteiger partial charge on any atom is -0.351 e. The van der Waals surface area contributed by atoms with E-state index in [9.17, 15) is 18.0 Å². The van der Waals surface area contributed by atoms with Crippen LogP contribution < -0.4 is 5.32 Å². The molecule has 0 fully saturated rings. The second-order valence-electron chi connectivity index (χ2n) is 4.82. The van der Waals surface area contributed by atoms with Crippen molar-refractivity contribution in [2.24, 2.45) is 0 Å². The van der Waals surface area contributed by atoms with Crippen molar-refractivity contribution >= 4 is 5.91 Å².